The number of aryl methyl sites for hydroxylation is 1. The molecule has 8 heteroatoms. The van der Waals surface area contributed by atoms with E-state index in [4.69, 9.17) is 4.74 Å². The quantitative estimate of drug-likeness (QED) is 0.866. The molecule has 0 unspecified atom stereocenters. The van der Waals surface area contributed by atoms with Gasteiger partial charge in [0, 0.05) is 24.7 Å². The number of anilines is 1. The zero-order valence-electron chi connectivity index (χ0n) is 14.4. The number of amides is 1. The van der Waals surface area contributed by atoms with Gasteiger partial charge in [0.15, 0.2) is 0 Å². The number of hydrogen-bond donors (Lipinski definition) is 1. The van der Waals surface area contributed by atoms with Crippen LogP contribution in [0.2, 0.25) is 0 Å². The number of ether oxygens (including phenoxy) is 1. The lowest BCUT2D eigenvalue weighted by Crippen LogP contribution is -2.37. The maximum atomic E-state index is 13.0. The summed E-state index contributed by atoms with van der Waals surface area (Å²) in [6.45, 7) is 1.95. The predicted octanol–water partition coefficient (Wildman–Crippen LogP) is 2.23. The van der Waals surface area contributed by atoms with E-state index in [0.717, 1.165) is 0 Å². The average Bonchev–Trinajstić information content (AvgIpc) is 2.95. The van der Waals surface area contributed by atoms with Gasteiger partial charge in [-0.05, 0) is 55.0 Å². The van der Waals surface area contributed by atoms with E-state index < -0.39 is 21.9 Å². The van der Waals surface area contributed by atoms with Gasteiger partial charge in [-0.2, -0.15) is 0 Å². The molecule has 1 aliphatic rings. The molecule has 6 nitrogen and oxygen atoms in total. The molecule has 1 amide bonds. The van der Waals surface area contributed by atoms with Crippen molar-refractivity contribution in [3.63, 3.8) is 0 Å². The zero-order valence-corrected chi connectivity index (χ0v) is 15.2. The van der Waals surface area contributed by atoms with E-state index in [-0.39, 0.29) is 23.8 Å². The van der Waals surface area contributed by atoms with E-state index >= 15 is 0 Å². The number of methoxy groups -OCH3 is 1. The topological polar surface area (TPSA) is 75.7 Å². The highest BCUT2D eigenvalue weighted by molar-refractivity contribution is 7.89. The minimum absolute atomic E-state index is 0.0474. The maximum absolute atomic E-state index is 13.0. The Morgan fingerprint density at radius 2 is 1.88 bits per heavy atom. The van der Waals surface area contributed by atoms with E-state index in [2.05, 4.69) is 4.72 Å². The van der Waals surface area contributed by atoms with Crippen LogP contribution in [0, 0.1) is 12.7 Å². The van der Waals surface area contributed by atoms with E-state index in [1.807, 2.05) is 0 Å². The molecule has 26 heavy (non-hydrogen) atoms. The molecule has 0 radical (unpaired) electrons. The smallest absolute Gasteiger partial charge is 0.240 e. The van der Waals surface area contributed by atoms with Crippen LogP contribution in [0.25, 0.3) is 0 Å². The summed E-state index contributed by atoms with van der Waals surface area (Å²) in [5.74, 6) is -0.00905. The van der Waals surface area contributed by atoms with E-state index in [0.29, 0.717) is 17.0 Å². The molecule has 1 saturated heterocycles. The third-order valence-electron chi connectivity index (χ3n) is 4.26. The summed E-state index contributed by atoms with van der Waals surface area (Å²) in [4.78, 5) is 13.8. The Hall–Kier alpha value is -2.45. The standard InChI is InChI=1S/C18H19FN2O4S/c1-12-9-16(7-8-17(12)25-2)26(23,24)20-14-10-18(22)21(11-14)15-5-3-13(19)4-6-15/h3-9,14,20H,10-11H2,1-2H3/t14-/m1/s1. The lowest BCUT2D eigenvalue weighted by molar-refractivity contribution is -0.117. The first-order chi connectivity index (χ1) is 12.3. The second-order valence-electron chi connectivity index (χ2n) is 6.13. The van der Waals surface area contributed by atoms with Crippen molar-refractivity contribution in [3.8, 4) is 5.75 Å². The third kappa shape index (κ3) is 3.71. The van der Waals surface area contributed by atoms with Gasteiger partial charge < -0.3 is 9.64 Å². The molecule has 0 aromatic heterocycles. The molecule has 138 valence electrons. The van der Waals surface area contributed by atoms with Crippen LogP contribution in [0.15, 0.2) is 47.4 Å². The first-order valence-electron chi connectivity index (χ1n) is 8.03. The fraction of sp³-hybridized carbons (Fsp3) is 0.278. The molecule has 0 spiro atoms. The number of carbonyl (C=O) groups is 1. The number of nitrogens with one attached hydrogen (secondary N) is 1. The van der Waals surface area contributed by atoms with Gasteiger partial charge in [-0.15, -0.1) is 0 Å². The molecule has 1 aliphatic heterocycles. The molecule has 0 saturated carbocycles. The Bertz CT molecular complexity index is 929. The summed E-state index contributed by atoms with van der Waals surface area (Å²) in [7, 11) is -2.25. The van der Waals surface area contributed by atoms with Crippen LogP contribution >= 0.6 is 0 Å². The van der Waals surface area contributed by atoms with Crippen molar-refractivity contribution < 1.29 is 22.3 Å². The largest absolute Gasteiger partial charge is 0.496 e. The highest BCUT2D eigenvalue weighted by Crippen LogP contribution is 2.24. The molecule has 0 aliphatic carbocycles. The fourth-order valence-corrected chi connectivity index (χ4v) is 4.27. The van der Waals surface area contributed by atoms with E-state index in [9.17, 15) is 17.6 Å². The van der Waals surface area contributed by atoms with Gasteiger partial charge in [0.05, 0.1) is 12.0 Å². The van der Waals surface area contributed by atoms with Gasteiger partial charge in [-0.25, -0.2) is 17.5 Å². The predicted molar refractivity (Wildman–Crippen MR) is 95.2 cm³/mol. The van der Waals surface area contributed by atoms with Crippen LogP contribution in [-0.2, 0) is 14.8 Å². The number of benzene rings is 2. The number of rotatable bonds is 5. The zero-order chi connectivity index (χ0) is 18.9. The van der Waals surface area contributed by atoms with Gasteiger partial charge >= 0.3 is 0 Å². The van der Waals surface area contributed by atoms with Crippen molar-refractivity contribution in [3.05, 3.63) is 53.8 Å². The van der Waals surface area contributed by atoms with Crippen LogP contribution in [0.3, 0.4) is 0 Å². The summed E-state index contributed by atoms with van der Waals surface area (Å²) >= 11 is 0. The Morgan fingerprint density at radius 1 is 1.19 bits per heavy atom. The Kier molecular flexibility index (Phi) is 4.97. The van der Waals surface area contributed by atoms with Crippen LogP contribution in [0.1, 0.15) is 12.0 Å². The van der Waals surface area contributed by atoms with Crippen LogP contribution in [-0.4, -0.2) is 34.0 Å². The van der Waals surface area contributed by atoms with Gasteiger partial charge in [-0.3, -0.25) is 4.79 Å². The maximum Gasteiger partial charge on any atom is 0.240 e. The molecule has 1 heterocycles. The second kappa shape index (κ2) is 7.05. The van der Waals surface area contributed by atoms with Crippen molar-refractivity contribution in [2.75, 3.05) is 18.6 Å². The molecular weight excluding hydrogens is 359 g/mol. The highest BCUT2D eigenvalue weighted by Gasteiger charge is 2.33. The van der Waals surface area contributed by atoms with E-state index in [1.54, 1.807) is 13.0 Å². The Balaban J connectivity index is 1.75. The van der Waals surface area contributed by atoms with Crippen molar-refractivity contribution in [2.45, 2.75) is 24.3 Å². The van der Waals surface area contributed by atoms with Gasteiger partial charge in [0.25, 0.3) is 0 Å². The van der Waals surface area contributed by atoms with Gasteiger partial charge in [-0.1, -0.05) is 0 Å². The second-order valence-corrected chi connectivity index (χ2v) is 7.85. The van der Waals surface area contributed by atoms with Crippen molar-refractivity contribution in [2.24, 2.45) is 0 Å². The normalized spacial score (nSPS) is 17.6. The number of sulfonamides is 1. The number of carbonyl (C=O) groups excluding carboxylic acids is 1. The fourth-order valence-electron chi connectivity index (χ4n) is 2.96. The minimum Gasteiger partial charge on any atom is -0.496 e. The summed E-state index contributed by atoms with van der Waals surface area (Å²) in [5, 5.41) is 0. The molecule has 2 aromatic rings. The lowest BCUT2D eigenvalue weighted by Gasteiger charge is -2.17. The van der Waals surface area contributed by atoms with Crippen molar-refractivity contribution in [1.82, 2.24) is 4.72 Å². The van der Waals surface area contributed by atoms with Crippen LogP contribution in [0.4, 0.5) is 10.1 Å². The minimum atomic E-state index is -3.77. The number of halogens is 1. The SMILES string of the molecule is COc1ccc(S(=O)(=O)N[C@@H]2CC(=O)N(c3ccc(F)cc3)C2)cc1C. The molecule has 2 aromatic carbocycles. The summed E-state index contributed by atoms with van der Waals surface area (Å²) in [6, 6.07) is 9.54. The van der Waals surface area contributed by atoms with Gasteiger partial charge in [0.1, 0.15) is 11.6 Å². The van der Waals surface area contributed by atoms with E-state index in [1.165, 1.54) is 48.4 Å². The van der Waals surface area contributed by atoms with Gasteiger partial charge in [0.2, 0.25) is 15.9 Å². The van der Waals surface area contributed by atoms with Crippen molar-refractivity contribution >= 4 is 21.6 Å². The van der Waals surface area contributed by atoms with Crippen molar-refractivity contribution in [1.29, 1.82) is 0 Å². The summed E-state index contributed by atoms with van der Waals surface area (Å²) < 4.78 is 46.0. The number of hydrogen-bond acceptors (Lipinski definition) is 4. The lowest BCUT2D eigenvalue weighted by atomic mass is 10.2. The highest BCUT2D eigenvalue weighted by atomic mass is 32.2. The first-order valence-corrected chi connectivity index (χ1v) is 9.51. The molecule has 1 atom stereocenters. The Morgan fingerprint density at radius 3 is 2.50 bits per heavy atom. The number of nitrogens with zero attached hydrogens (tertiary/aromatic N) is 1. The first kappa shape index (κ1) is 18.3. The van der Waals surface area contributed by atoms with Crippen LogP contribution in [0.5, 0.6) is 5.75 Å². The molecule has 1 fully saturated rings. The average molecular weight is 378 g/mol. The monoisotopic (exact) mass is 378 g/mol. The molecule has 0 bridgehead atoms. The summed E-state index contributed by atoms with van der Waals surface area (Å²) in [6.07, 6.45) is 0.0474. The molecule has 3 rings (SSSR count). The van der Waals surface area contributed by atoms with Crippen LogP contribution < -0.4 is 14.4 Å². The Labute approximate surface area is 151 Å². The summed E-state index contributed by atoms with van der Waals surface area (Å²) in [5.41, 5.74) is 1.24. The molecule has 1 N–H and O–H groups in total. The molecular formula is C18H19FN2O4S. The third-order valence-corrected chi connectivity index (χ3v) is 5.78.